The van der Waals surface area contributed by atoms with E-state index in [2.05, 4.69) is 15.5 Å². The van der Waals surface area contributed by atoms with Gasteiger partial charge in [-0.3, -0.25) is 14.2 Å². The van der Waals surface area contributed by atoms with E-state index in [1.165, 1.54) is 0 Å². The summed E-state index contributed by atoms with van der Waals surface area (Å²) in [6, 6.07) is 1.86. The third-order valence-electron chi connectivity index (χ3n) is 2.94. The molecule has 21 heavy (non-hydrogen) atoms. The van der Waals surface area contributed by atoms with Crippen molar-refractivity contribution in [3.63, 3.8) is 0 Å². The van der Waals surface area contributed by atoms with Crippen molar-refractivity contribution >= 4 is 29.1 Å². The first-order chi connectivity index (χ1) is 9.97. The minimum Gasteiger partial charge on any atom is -0.354 e. The lowest BCUT2D eigenvalue weighted by atomic mass is 10.4. The normalized spacial score (nSPS) is 10.9. The maximum absolute atomic E-state index is 11.7. The van der Waals surface area contributed by atoms with E-state index in [1.54, 1.807) is 22.5 Å². The van der Waals surface area contributed by atoms with Gasteiger partial charge in [-0.2, -0.15) is 10.2 Å². The van der Waals surface area contributed by atoms with Crippen LogP contribution in [0.4, 0.5) is 0 Å². The Balaban J connectivity index is 1.72. The molecule has 6 nitrogen and oxygen atoms in total. The molecular weight excluding hydrogens is 313 g/mol. The second-order valence-electron chi connectivity index (χ2n) is 4.77. The Kier molecular flexibility index (Phi) is 5.25. The Morgan fingerprint density at radius 1 is 1.33 bits per heavy atom. The Morgan fingerprint density at radius 3 is 2.67 bits per heavy atom. The minimum absolute atomic E-state index is 0.0705. The maximum atomic E-state index is 11.7. The van der Waals surface area contributed by atoms with Crippen LogP contribution in [-0.4, -0.2) is 32.0 Å². The van der Waals surface area contributed by atoms with Gasteiger partial charge in [-0.15, -0.1) is 0 Å². The molecule has 2 aromatic heterocycles. The number of nitrogens with one attached hydrogen (secondary N) is 1. The van der Waals surface area contributed by atoms with Crippen LogP contribution in [-0.2, 0) is 17.9 Å². The van der Waals surface area contributed by atoms with Gasteiger partial charge < -0.3 is 5.32 Å². The van der Waals surface area contributed by atoms with Crippen molar-refractivity contribution in [1.82, 2.24) is 24.9 Å². The van der Waals surface area contributed by atoms with E-state index >= 15 is 0 Å². The lowest BCUT2D eigenvalue weighted by Crippen LogP contribution is -2.29. The molecule has 2 aromatic rings. The van der Waals surface area contributed by atoms with Crippen LogP contribution in [0.3, 0.4) is 0 Å². The van der Waals surface area contributed by atoms with Crippen LogP contribution in [0.2, 0.25) is 10.2 Å². The summed E-state index contributed by atoms with van der Waals surface area (Å²) in [5.41, 5.74) is 1.60. The predicted octanol–water partition coefficient (Wildman–Crippen LogP) is 2.21. The third-order valence-corrected chi connectivity index (χ3v) is 3.88. The zero-order chi connectivity index (χ0) is 15.4. The standard InChI is InChI=1S/C13H17Cl2N5O/c1-9-4-7-19(17-9)8-11(21)16-5-3-6-20-13(15)12(14)10(2)18-20/h4,7H,3,5-6,8H2,1-2H3,(H,16,21). The highest BCUT2D eigenvalue weighted by Crippen LogP contribution is 2.24. The monoisotopic (exact) mass is 329 g/mol. The van der Waals surface area contributed by atoms with E-state index in [4.69, 9.17) is 23.2 Å². The zero-order valence-electron chi connectivity index (χ0n) is 11.9. The number of amides is 1. The zero-order valence-corrected chi connectivity index (χ0v) is 13.4. The number of nitrogens with zero attached hydrogens (tertiary/aromatic N) is 4. The number of aryl methyl sites for hydroxylation is 3. The Bertz CT molecular complexity index is 635. The molecule has 0 saturated heterocycles. The van der Waals surface area contributed by atoms with Crippen LogP contribution >= 0.6 is 23.2 Å². The Morgan fingerprint density at radius 2 is 2.10 bits per heavy atom. The number of halogens is 2. The molecule has 8 heteroatoms. The first kappa shape index (κ1) is 15.9. The molecule has 2 rings (SSSR count). The van der Waals surface area contributed by atoms with Crippen molar-refractivity contribution < 1.29 is 4.79 Å². The molecule has 0 saturated carbocycles. The molecule has 0 aliphatic carbocycles. The second-order valence-corrected chi connectivity index (χ2v) is 5.51. The maximum Gasteiger partial charge on any atom is 0.241 e. The van der Waals surface area contributed by atoms with Crippen LogP contribution in [0.25, 0.3) is 0 Å². The number of aromatic nitrogens is 4. The summed E-state index contributed by atoms with van der Waals surface area (Å²) in [6.07, 6.45) is 2.50. The van der Waals surface area contributed by atoms with E-state index in [1.807, 2.05) is 13.0 Å². The van der Waals surface area contributed by atoms with Gasteiger partial charge in [0.15, 0.2) is 0 Å². The van der Waals surface area contributed by atoms with E-state index in [0.717, 1.165) is 12.1 Å². The summed E-state index contributed by atoms with van der Waals surface area (Å²) in [5.74, 6) is -0.0705. The molecule has 0 aliphatic heterocycles. The van der Waals surface area contributed by atoms with Gasteiger partial charge in [0.05, 0.1) is 11.4 Å². The molecule has 0 aromatic carbocycles. The summed E-state index contributed by atoms with van der Waals surface area (Å²) in [7, 11) is 0. The summed E-state index contributed by atoms with van der Waals surface area (Å²) >= 11 is 12.0. The van der Waals surface area contributed by atoms with Crippen molar-refractivity contribution in [2.75, 3.05) is 6.54 Å². The molecule has 0 bridgehead atoms. The third kappa shape index (κ3) is 4.22. The van der Waals surface area contributed by atoms with E-state index < -0.39 is 0 Å². The number of rotatable bonds is 6. The van der Waals surface area contributed by atoms with Gasteiger partial charge in [-0.1, -0.05) is 23.2 Å². The van der Waals surface area contributed by atoms with Gasteiger partial charge in [-0.25, -0.2) is 0 Å². The smallest absolute Gasteiger partial charge is 0.241 e. The molecule has 0 atom stereocenters. The molecule has 0 fully saturated rings. The quantitative estimate of drug-likeness (QED) is 0.826. The van der Waals surface area contributed by atoms with Gasteiger partial charge >= 0.3 is 0 Å². The fourth-order valence-corrected chi connectivity index (χ4v) is 2.28. The van der Waals surface area contributed by atoms with E-state index in [0.29, 0.717) is 29.0 Å². The summed E-state index contributed by atoms with van der Waals surface area (Å²) in [6.45, 7) is 5.06. The number of hydrogen-bond acceptors (Lipinski definition) is 3. The van der Waals surface area contributed by atoms with Gasteiger partial charge in [-0.05, 0) is 26.3 Å². The molecule has 1 amide bonds. The molecule has 2 heterocycles. The van der Waals surface area contributed by atoms with Gasteiger partial charge in [0.25, 0.3) is 0 Å². The first-order valence-corrected chi connectivity index (χ1v) is 7.38. The van der Waals surface area contributed by atoms with Crippen LogP contribution in [0.5, 0.6) is 0 Å². The molecular formula is C13H17Cl2N5O. The van der Waals surface area contributed by atoms with Gasteiger partial charge in [0.1, 0.15) is 16.7 Å². The van der Waals surface area contributed by atoms with Crippen LogP contribution < -0.4 is 5.32 Å². The molecule has 0 aliphatic rings. The highest BCUT2D eigenvalue weighted by molar-refractivity contribution is 6.41. The highest BCUT2D eigenvalue weighted by atomic mass is 35.5. The molecule has 0 spiro atoms. The fraction of sp³-hybridized carbons (Fsp3) is 0.462. The predicted molar refractivity (Wildman–Crippen MR) is 81.6 cm³/mol. The summed E-state index contributed by atoms with van der Waals surface area (Å²) < 4.78 is 3.25. The lowest BCUT2D eigenvalue weighted by molar-refractivity contribution is -0.121. The fourth-order valence-electron chi connectivity index (χ4n) is 1.89. The molecule has 0 radical (unpaired) electrons. The van der Waals surface area contributed by atoms with E-state index in [9.17, 15) is 4.79 Å². The highest BCUT2D eigenvalue weighted by Gasteiger charge is 2.10. The Hall–Kier alpha value is -1.53. The van der Waals surface area contributed by atoms with Crippen molar-refractivity contribution in [2.24, 2.45) is 0 Å². The van der Waals surface area contributed by atoms with Gasteiger partial charge in [0.2, 0.25) is 5.91 Å². The first-order valence-electron chi connectivity index (χ1n) is 6.62. The van der Waals surface area contributed by atoms with Crippen molar-refractivity contribution in [1.29, 1.82) is 0 Å². The topological polar surface area (TPSA) is 64.7 Å². The average molecular weight is 330 g/mol. The van der Waals surface area contributed by atoms with Crippen LogP contribution in [0, 0.1) is 13.8 Å². The lowest BCUT2D eigenvalue weighted by Gasteiger charge is -2.06. The van der Waals surface area contributed by atoms with Crippen molar-refractivity contribution in [3.05, 3.63) is 33.8 Å². The van der Waals surface area contributed by atoms with E-state index in [-0.39, 0.29) is 12.5 Å². The summed E-state index contributed by atoms with van der Waals surface area (Å²) in [4.78, 5) is 11.7. The Labute approximate surface area is 133 Å². The second kappa shape index (κ2) is 6.95. The average Bonchev–Trinajstić information content (AvgIpc) is 2.94. The largest absolute Gasteiger partial charge is 0.354 e. The molecule has 1 N–H and O–H groups in total. The summed E-state index contributed by atoms with van der Waals surface area (Å²) in [5, 5.41) is 12.1. The van der Waals surface area contributed by atoms with Crippen LogP contribution in [0.1, 0.15) is 17.8 Å². The number of hydrogen-bond donors (Lipinski definition) is 1. The van der Waals surface area contributed by atoms with Crippen molar-refractivity contribution in [3.8, 4) is 0 Å². The number of carbonyl (C=O) groups excluding carboxylic acids is 1. The van der Waals surface area contributed by atoms with Gasteiger partial charge in [0, 0.05) is 19.3 Å². The SMILES string of the molecule is Cc1ccn(CC(=O)NCCCn2nc(C)c(Cl)c2Cl)n1. The van der Waals surface area contributed by atoms with Crippen LogP contribution in [0.15, 0.2) is 12.3 Å². The molecule has 0 unspecified atom stereocenters. The van der Waals surface area contributed by atoms with Crippen molar-refractivity contribution in [2.45, 2.75) is 33.4 Å². The molecule has 114 valence electrons. The minimum atomic E-state index is -0.0705. The number of carbonyl (C=O) groups is 1.